The van der Waals surface area contributed by atoms with Crippen molar-refractivity contribution < 1.29 is 4.74 Å². The van der Waals surface area contributed by atoms with Crippen LogP contribution in [-0.4, -0.2) is 0 Å². The summed E-state index contributed by atoms with van der Waals surface area (Å²) < 4.78 is 6.67. The molecule has 0 amide bonds. The summed E-state index contributed by atoms with van der Waals surface area (Å²) in [5.74, 6) is 0.773. The van der Waals surface area contributed by atoms with E-state index in [2.05, 4.69) is 47.1 Å². The third-order valence-corrected chi connectivity index (χ3v) is 3.44. The largest absolute Gasteiger partial charge is 0.488 e. The zero-order chi connectivity index (χ0) is 13.0. The summed E-state index contributed by atoms with van der Waals surface area (Å²) in [6.45, 7) is 2.70. The van der Waals surface area contributed by atoms with Crippen LogP contribution in [-0.2, 0) is 13.0 Å². The number of nitrogens with two attached hydrogens (primary N) is 1. The molecule has 0 aliphatic carbocycles. The molecule has 3 heteroatoms. The Bertz CT molecular complexity index is 523. The Morgan fingerprint density at radius 1 is 1.06 bits per heavy atom. The van der Waals surface area contributed by atoms with Gasteiger partial charge in [-0.1, -0.05) is 31.2 Å². The van der Waals surface area contributed by atoms with E-state index in [0.717, 1.165) is 22.2 Å². The van der Waals surface area contributed by atoms with Gasteiger partial charge in [0.05, 0.1) is 4.47 Å². The Balaban J connectivity index is 2.04. The number of nitrogen functional groups attached to an aromatic ring is 1. The van der Waals surface area contributed by atoms with Crippen LogP contribution in [0.25, 0.3) is 0 Å². The van der Waals surface area contributed by atoms with E-state index in [4.69, 9.17) is 10.5 Å². The van der Waals surface area contributed by atoms with Crippen LogP contribution in [0.1, 0.15) is 18.1 Å². The Kier molecular flexibility index (Phi) is 4.26. The van der Waals surface area contributed by atoms with Gasteiger partial charge in [-0.25, -0.2) is 0 Å². The van der Waals surface area contributed by atoms with E-state index in [1.807, 2.05) is 18.2 Å². The topological polar surface area (TPSA) is 35.2 Å². The van der Waals surface area contributed by atoms with Crippen molar-refractivity contribution in [2.45, 2.75) is 20.0 Å². The fourth-order valence-corrected chi connectivity index (χ4v) is 2.02. The Labute approximate surface area is 116 Å². The van der Waals surface area contributed by atoms with Crippen LogP contribution in [0.4, 0.5) is 5.69 Å². The summed E-state index contributed by atoms with van der Waals surface area (Å²) in [7, 11) is 0. The highest BCUT2D eigenvalue weighted by Gasteiger charge is 2.02. The number of rotatable bonds is 4. The molecule has 18 heavy (non-hydrogen) atoms. The summed E-state index contributed by atoms with van der Waals surface area (Å²) in [4.78, 5) is 0. The highest BCUT2D eigenvalue weighted by molar-refractivity contribution is 9.10. The third kappa shape index (κ3) is 3.26. The molecule has 0 aliphatic heterocycles. The van der Waals surface area contributed by atoms with Gasteiger partial charge in [-0.05, 0) is 45.6 Å². The molecular formula is C15H16BrNO. The van der Waals surface area contributed by atoms with Crippen LogP contribution in [0.2, 0.25) is 0 Å². The lowest BCUT2D eigenvalue weighted by molar-refractivity contribution is 0.304. The van der Waals surface area contributed by atoms with Crippen LogP contribution in [0.15, 0.2) is 46.9 Å². The molecule has 0 bridgehead atoms. The number of halogens is 1. The van der Waals surface area contributed by atoms with Gasteiger partial charge in [0.1, 0.15) is 12.4 Å². The van der Waals surface area contributed by atoms with Crippen LogP contribution in [0.5, 0.6) is 5.75 Å². The van der Waals surface area contributed by atoms with Crippen molar-refractivity contribution >= 4 is 21.6 Å². The highest BCUT2D eigenvalue weighted by atomic mass is 79.9. The normalized spacial score (nSPS) is 10.3. The second-order valence-electron chi connectivity index (χ2n) is 4.15. The second-order valence-corrected chi connectivity index (χ2v) is 5.00. The number of benzene rings is 2. The molecule has 0 fully saturated rings. The summed E-state index contributed by atoms with van der Waals surface area (Å²) in [5.41, 5.74) is 8.93. The van der Waals surface area contributed by atoms with Gasteiger partial charge in [-0.3, -0.25) is 0 Å². The molecule has 0 saturated heterocycles. The quantitative estimate of drug-likeness (QED) is 0.860. The minimum atomic E-state index is 0.548. The van der Waals surface area contributed by atoms with Crippen molar-refractivity contribution in [3.8, 4) is 5.75 Å². The van der Waals surface area contributed by atoms with Gasteiger partial charge >= 0.3 is 0 Å². The second kappa shape index (κ2) is 5.91. The van der Waals surface area contributed by atoms with E-state index in [1.54, 1.807) is 0 Å². The summed E-state index contributed by atoms with van der Waals surface area (Å²) >= 11 is 3.45. The predicted octanol–water partition coefficient (Wildman–Crippen LogP) is 4.17. The molecule has 0 aliphatic rings. The number of ether oxygens (including phenoxy) is 1. The summed E-state index contributed by atoms with van der Waals surface area (Å²) in [6, 6.07) is 14.0. The molecule has 0 spiro atoms. The first kappa shape index (κ1) is 13.0. The molecule has 0 heterocycles. The number of anilines is 1. The standard InChI is InChI=1S/C15H16BrNO/c1-2-11-3-5-12(6-4-11)10-18-15-9-13(17)7-8-14(15)16/h3-9H,2,10,17H2,1H3. The van der Waals surface area contributed by atoms with E-state index in [0.29, 0.717) is 12.3 Å². The van der Waals surface area contributed by atoms with E-state index in [-0.39, 0.29) is 0 Å². The maximum Gasteiger partial charge on any atom is 0.136 e. The molecule has 0 atom stereocenters. The summed E-state index contributed by atoms with van der Waals surface area (Å²) in [6.07, 6.45) is 1.06. The van der Waals surface area contributed by atoms with Crippen molar-refractivity contribution in [1.82, 2.24) is 0 Å². The van der Waals surface area contributed by atoms with E-state index in [1.165, 1.54) is 5.56 Å². The maximum atomic E-state index is 5.75. The SMILES string of the molecule is CCc1ccc(COc2cc(N)ccc2Br)cc1. The first-order chi connectivity index (χ1) is 8.69. The molecule has 2 rings (SSSR count). The van der Waals surface area contributed by atoms with E-state index >= 15 is 0 Å². The van der Waals surface area contributed by atoms with Crippen molar-refractivity contribution in [3.05, 3.63) is 58.1 Å². The number of aryl methyl sites for hydroxylation is 1. The van der Waals surface area contributed by atoms with Crippen molar-refractivity contribution in [2.75, 3.05) is 5.73 Å². The zero-order valence-corrected chi connectivity index (χ0v) is 11.9. The van der Waals surface area contributed by atoms with E-state index < -0.39 is 0 Å². The smallest absolute Gasteiger partial charge is 0.136 e. The number of hydrogen-bond donors (Lipinski definition) is 1. The monoisotopic (exact) mass is 305 g/mol. The molecule has 2 aromatic carbocycles. The lowest BCUT2D eigenvalue weighted by Crippen LogP contribution is -1.97. The minimum Gasteiger partial charge on any atom is -0.488 e. The van der Waals surface area contributed by atoms with Crippen LogP contribution in [0, 0.1) is 0 Å². The molecule has 0 unspecified atom stereocenters. The van der Waals surface area contributed by atoms with Gasteiger partial charge < -0.3 is 10.5 Å². The first-order valence-corrected chi connectivity index (χ1v) is 6.74. The van der Waals surface area contributed by atoms with Gasteiger partial charge in [-0.2, -0.15) is 0 Å². The van der Waals surface area contributed by atoms with Gasteiger partial charge in [-0.15, -0.1) is 0 Å². The van der Waals surface area contributed by atoms with Gasteiger partial charge in [0.15, 0.2) is 0 Å². The molecule has 2 nitrogen and oxygen atoms in total. The van der Waals surface area contributed by atoms with Gasteiger partial charge in [0.2, 0.25) is 0 Å². The first-order valence-electron chi connectivity index (χ1n) is 5.94. The predicted molar refractivity (Wildman–Crippen MR) is 78.7 cm³/mol. The molecular weight excluding hydrogens is 290 g/mol. The third-order valence-electron chi connectivity index (χ3n) is 2.78. The fourth-order valence-electron chi connectivity index (χ4n) is 1.66. The molecule has 0 aromatic heterocycles. The molecule has 0 radical (unpaired) electrons. The lowest BCUT2D eigenvalue weighted by atomic mass is 10.1. The Hall–Kier alpha value is -1.48. The lowest BCUT2D eigenvalue weighted by Gasteiger charge is -2.09. The number of hydrogen-bond acceptors (Lipinski definition) is 2. The van der Waals surface area contributed by atoms with Crippen molar-refractivity contribution in [2.24, 2.45) is 0 Å². The maximum absolute atomic E-state index is 5.75. The van der Waals surface area contributed by atoms with Crippen LogP contribution < -0.4 is 10.5 Å². The van der Waals surface area contributed by atoms with Crippen LogP contribution >= 0.6 is 15.9 Å². The Morgan fingerprint density at radius 3 is 2.39 bits per heavy atom. The average Bonchev–Trinajstić information content (AvgIpc) is 2.40. The average molecular weight is 306 g/mol. The molecule has 94 valence electrons. The van der Waals surface area contributed by atoms with E-state index in [9.17, 15) is 0 Å². The molecule has 2 N–H and O–H groups in total. The van der Waals surface area contributed by atoms with Gasteiger partial charge in [0, 0.05) is 11.8 Å². The highest BCUT2D eigenvalue weighted by Crippen LogP contribution is 2.27. The zero-order valence-electron chi connectivity index (χ0n) is 10.3. The molecule has 2 aromatic rings. The van der Waals surface area contributed by atoms with Crippen molar-refractivity contribution in [1.29, 1.82) is 0 Å². The van der Waals surface area contributed by atoms with Gasteiger partial charge in [0.25, 0.3) is 0 Å². The minimum absolute atomic E-state index is 0.548. The van der Waals surface area contributed by atoms with Crippen molar-refractivity contribution in [3.63, 3.8) is 0 Å². The fraction of sp³-hybridized carbons (Fsp3) is 0.200. The Morgan fingerprint density at radius 2 is 1.72 bits per heavy atom. The van der Waals surface area contributed by atoms with Crippen LogP contribution in [0.3, 0.4) is 0 Å². The molecule has 0 saturated carbocycles. The summed E-state index contributed by atoms with van der Waals surface area (Å²) in [5, 5.41) is 0.